The molecule has 2 fully saturated rings. The molecule has 1 aromatic heterocycles. The summed E-state index contributed by atoms with van der Waals surface area (Å²) in [6, 6.07) is 7.58. The number of β-amino-alcohol motifs (C(OH)–C–C–N with tert-alkyl or cyclic N) is 1. The van der Waals surface area contributed by atoms with Gasteiger partial charge in [-0.3, -0.25) is 9.69 Å². The Morgan fingerprint density at radius 1 is 1.24 bits per heavy atom. The maximum atomic E-state index is 12.6. The minimum absolute atomic E-state index is 0.0337. The molecule has 8 heteroatoms. The second-order valence-corrected chi connectivity index (χ2v) is 6.91. The Labute approximate surface area is 146 Å². The molecule has 0 saturated carbocycles. The first-order chi connectivity index (χ1) is 12.1. The van der Waals surface area contributed by atoms with Gasteiger partial charge in [-0.1, -0.05) is 17.3 Å². The summed E-state index contributed by atoms with van der Waals surface area (Å²) >= 11 is 0. The van der Waals surface area contributed by atoms with Gasteiger partial charge in [-0.25, -0.2) is 4.68 Å². The van der Waals surface area contributed by atoms with Crippen LogP contribution in [0.15, 0.2) is 24.3 Å². The number of aliphatic hydroxyl groups is 1. The number of ether oxygens (including phenoxy) is 1. The van der Waals surface area contributed by atoms with E-state index in [4.69, 9.17) is 4.74 Å². The van der Waals surface area contributed by atoms with Crippen molar-refractivity contribution in [2.24, 2.45) is 0 Å². The number of morpholine rings is 1. The predicted octanol–water partition coefficient (Wildman–Crippen LogP) is -0.273. The molecule has 0 unspecified atom stereocenters. The number of fused-ring (bicyclic) bond motifs is 1. The Hall–Kier alpha value is -2.03. The van der Waals surface area contributed by atoms with E-state index in [1.165, 1.54) is 0 Å². The topological polar surface area (TPSA) is 83.7 Å². The average Bonchev–Trinajstić information content (AvgIpc) is 3.20. The molecular formula is C17H23N5O3. The number of aromatic nitrogens is 3. The number of rotatable bonds is 4. The van der Waals surface area contributed by atoms with E-state index in [-0.39, 0.29) is 12.5 Å². The number of para-hydroxylation sites is 1. The van der Waals surface area contributed by atoms with Gasteiger partial charge in [0.2, 0.25) is 5.91 Å². The molecule has 25 heavy (non-hydrogen) atoms. The highest BCUT2D eigenvalue weighted by Crippen LogP contribution is 2.23. The van der Waals surface area contributed by atoms with Crippen LogP contribution in [0, 0.1) is 0 Å². The third-order valence-electron chi connectivity index (χ3n) is 5.01. The van der Waals surface area contributed by atoms with Gasteiger partial charge in [-0.2, -0.15) is 0 Å². The van der Waals surface area contributed by atoms with Crippen LogP contribution < -0.4 is 0 Å². The summed E-state index contributed by atoms with van der Waals surface area (Å²) in [5.41, 5.74) is 0.788. The number of carbonyl (C=O) groups is 1. The van der Waals surface area contributed by atoms with Crippen LogP contribution in [-0.4, -0.2) is 87.3 Å². The summed E-state index contributed by atoms with van der Waals surface area (Å²) in [5, 5.41) is 19.0. The van der Waals surface area contributed by atoms with Crippen molar-refractivity contribution in [3.63, 3.8) is 0 Å². The van der Waals surface area contributed by atoms with Crippen LogP contribution in [0.2, 0.25) is 0 Å². The fraction of sp³-hybridized carbons (Fsp3) is 0.588. The quantitative estimate of drug-likeness (QED) is 0.821. The van der Waals surface area contributed by atoms with E-state index in [0.29, 0.717) is 39.3 Å². The molecule has 8 nitrogen and oxygen atoms in total. The van der Waals surface area contributed by atoms with Crippen LogP contribution >= 0.6 is 0 Å². The highest BCUT2D eigenvalue weighted by molar-refractivity contribution is 5.80. The van der Waals surface area contributed by atoms with Crippen LogP contribution in [0.25, 0.3) is 11.0 Å². The van der Waals surface area contributed by atoms with E-state index in [0.717, 1.165) is 24.1 Å². The Kier molecular flexibility index (Phi) is 4.41. The molecule has 1 aromatic carbocycles. The number of hydrogen-bond acceptors (Lipinski definition) is 6. The Morgan fingerprint density at radius 2 is 2.04 bits per heavy atom. The average molecular weight is 345 g/mol. The van der Waals surface area contributed by atoms with Crippen molar-refractivity contribution >= 4 is 16.9 Å². The zero-order valence-corrected chi connectivity index (χ0v) is 14.2. The minimum atomic E-state index is -0.836. The van der Waals surface area contributed by atoms with Gasteiger partial charge >= 0.3 is 0 Å². The second kappa shape index (κ2) is 6.70. The number of nitrogens with zero attached hydrogens (tertiary/aromatic N) is 5. The largest absolute Gasteiger partial charge is 0.387 e. The van der Waals surface area contributed by atoms with E-state index in [9.17, 15) is 9.90 Å². The molecule has 1 N–H and O–H groups in total. The van der Waals surface area contributed by atoms with Crippen LogP contribution in [0.3, 0.4) is 0 Å². The van der Waals surface area contributed by atoms with Gasteiger partial charge in [0.25, 0.3) is 0 Å². The molecule has 2 aliphatic heterocycles. The van der Waals surface area contributed by atoms with Gasteiger partial charge in [-0.05, 0) is 18.6 Å². The lowest BCUT2D eigenvalue weighted by Crippen LogP contribution is -2.49. The van der Waals surface area contributed by atoms with Gasteiger partial charge in [0.15, 0.2) is 0 Å². The van der Waals surface area contributed by atoms with Crippen molar-refractivity contribution in [3.05, 3.63) is 24.3 Å². The van der Waals surface area contributed by atoms with Crippen LogP contribution in [0.4, 0.5) is 0 Å². The summed E-state index contributed by atoms with van der Waals surface area (Å²) in [6.45, 7) is 4.77. The third-order valence-corrected chi connectivity index (χ3v) is 5.01. The molecule has 4 rings (SSSR count). The Morgan fingerprint density at radius 3 is 2.88 bits per heavy atom. The molecule has 2 saturated heterocycles. The van der Waals surface area contributed by atoms with Gasteiger partial charge in [0.1, 0.15) is 12.1 Å². The van der Waals surface area contributed by atoms with Crippen molar-refractivity contribution in [1.29, 1.82) is 0 Å². The first kappa shape index (κ1) is 16.4. The smallest absolute Gasteiger partial charge is 0.244 e. The maximum absolute atomic E-state index is 12.6. The predicted molar refractivity (Wildman–Crippen MR) is 90.9 cm³/mol. The Bertz CT molecular complexity index is 758. The summed E-state index contributed by atoms with van der Waals surface area (Å²) in [6.07, 6.45) is 0.605. The molecule has 0 radical (unpaired) electrons. The monoisotopic (exact) mass is 345 g/mol. The minimum Gasteiger partial charge on any atom is -0.387 e. The molecule has 2 aromatic rings. The molecule has 0 aliphatic carbocycles. The summed E-state index contributed by atoms with van der Waals surface area (Å²) in [7, 11) is 0. The normalized spacial score (nSPS) is 24.9. The standard InChI is InChI=1S/C17H23N5O3/c23-16(11-22-15-4-2-1-3-14(15)18-19-22)21-6-5-17(24,13-21)12-20-7-9-25-10-8-20/h1-4,24H,5-13H2/t17-/m0/s1. The van der Waals surface area contributed by atoms with Crippen molar-refractivity contribution in [3.8, 4) is 0 Å². The summed E-state index contributed by atoms with van der Waals surface area (Å²) in [4.78, 5) is 16.6. The van der Waals surface area contributed by atoms with E-state index < -0.39 is 5.60 Å². The molecular weight excluding hydrogens is 322 g/mol. The fourth-order valence-electron chi connectivity index (χ4n) is 3.64. The number of hydrogen-bond donors (Lipinski definition) is 1. The Balaban J connectivity index is 1.38. The molecule has 0 spiro atoms. The lowest BCUT2D eigenvalue weighted by Gasteiger charge is -2.33. The fourth-order valence-corrected chi connectivity index (χ4v) is 3.64. The van der Waals surface area contributed by atoms with E-state index in [1.807, 2.05) is 24.3 Å². The first-order valence-electron chi connectivity index (χ1n) is 8.71. The molecule has 1 atom stereocenters. The highest BCUT2D eigenvalue weighted by atomic mass is 16.5. The van der Waals surface area contributed by atoms with Crippen molar-refractivity contribution < 1.29 is 14.6 Å². The van der Waals surface area contributed by atoms with Gasteiger partial charge in [0.05, 0.1) is 30.9 Å². The third kappa shape index (κ3) is 3.51. The number of likely N-dealkylation sites (tertiary alicyclic amines) is 1. The zero-order chi connectivity index (χ0) is 17.3. The molecule has 3 heterocycles. The zero-order valence-electron chi connectivity index (χ0n) is 14.2. The first-order valence-corrected chi connectivity index (χ1v) is 8.71. The summed E-state index contributed by atoms with van der Waals surface area (Å²) in [5.74, 6) is -0.0337. The SMILES string of the molecule is O=C(Cn1nnc2ccccc21)N1CC[C@](O)(CN2CCOCC2)C1. The van der Waals surface area contributed by atoms with Crippen LogP contribution in [0.5, 0.6) is 0 Å². The van der Waals surface area contributed by atoms with Crippen molar-refractivity contribution in [2.75, 3.05) is 45.9 Å². The van der Waals surface area contributed by atoms with Gasteiger partial charge < -0.3 is 14.7 Å². The molecule has 134 valence electrons. The number of carbonyl (C=O) groups excluding carboxylic acids is 1. The van der Waals surface area contributed by atoms with E-state index >= 15 is 0 Å². The van der Waals surface area contributed by atoms with E-state index in [2.05, 4.69) is 15.2 Å². The lowest BCUT2D eigenvalue weighted by atomic mass is 10.0. The van der Waals surface area contributed by atoms with Crippen molar-refractivity contribution in [2.45, 2.75) is 18.6 Å². The molecule has 1 amide bonds. The van der Waals surface area contributed by atoms with Gasteiger partial charge in [0, 0.05) is 26.2 Å². The van der Waals surface area contributed by atoms with E-state index in [1.54, 1.807) is 9.58 Å². The second-order valence-electron chi connectivity index (χ2n) is 6.91. The van der Waals surface area contributed by atoms with Crippen molar-refractivity contribution in [1.82, 2.24) is 24.8 Å². The number of amides is 1. The lowest BCUT2D eigenvalue weighted by molar-refractivity contribution is -0.132. The molecule has 2 aliphatic rings. The van der Waals surface area contributed by atoms with Crippen LogP contribution in [0.1, 0.15) is 6.42 Å². The summed E-state index contributed by atoms with van der Waals surface area (Å²) < 4.78 is 6.97. The molecule has 0 bridgehead atoms. The van der Waals surface area contributed by atoms with Crippen LogP contribution in [-0.2, 0) is 16.1 Å². The van der Waals surface area contributed by atoms with Gasteiger partial charge in [-0.15, -0.1) is 5.10 Å². The maximum Gasteiger partial charge on any atom is 0.244 e. The highest BCUT2D eigenvalue weighted by Gasteiger charge is 2.39. The number of benzene rings is 1.